The van der Waals surface area contributed by atoms with E-state index >= 15 is 0 Å². The number of para-hydroxylation sites is 1. The van der Waals surface area contributed by atoms with Crippen LogP contribution in [0.1, 0.15) is 19.4 Å². The van der Waals surface area contributed by atoms with E-state index in [9.17, 15) is 10.1 Å². The molecule has 0 unspecified atom stereocenters. The molecule has 0 aliphatic carbocycles. The van der Waals surface area contributed by atoms with Gasteiger partial charge in [0.05, 0.1) is 37.0 Å². The van der Waals surface area contributed by atoms with Gasteiger partial charge in [0, 0.05) is 11.6 Å². The molecule has 0 atom stereocenters. The molecule has 3 rings (SSSR count). The van der Waals surface area contributed by atoms with E-state index in [4.69, 9.17) is 26.4 Å². The number of benzene rings is 2. The van der Waals surface area contributed by atoms with Crippen molar-refractivity contribution in [1.29, 1.82) is 0 Å². The van der Waals surface area contributed by atoms with Crippen molar-refractivity contribution < 1.29 is 19.1 Å². The number of nitrogens with zero attached hydrogens (tertiary/aromatic N) is 4. The second-order valence-electron chi connectivity index (χ2n) is 6.10. The normalized spacial score (nSPS) is 10.9. The molecule has 0 amide bonds. The van der Waals surface area contributed by atoms with E-state index in [0.717, 1.165) is 0 Å². The molecule has 0 bridgehead atoms. The number of hydrogen-bond donors (Lipinski definition) is 1. The highest BCUT2D eigenvalue weighted by molar-refractivity contribution is 7.71. The fourth-order valence-corrected chi connectivity index (χ4v) is 3.07. The maximum Gasteiger partial charge on any atom is 0.315 e. The molecule has 10 nitrogen and oxygen atoms in total. The summed E-state index contributed by atoms with van der Waals surface area (Å²) in [6.45, 7) is 4.37. The molecule has 0 spiro atoms. The Kier molecular flexibility index (Phi) is 6.98. The van der Waals surface area contributed by atoms with Crippen LogP contribution in [0.4, 0.5) is 5.69 Å². The first-order valence-corrected chi connectivity index (χ1v) is 9.84. The Morgan fingerprint density at radius 1 is 1.23 bits per heavy atom. The number of nitro benzene ring substituents is 1. The predicted octanol–water partition coefficient (Wildman–Crippen LogP) is 4.20. The maximum absolute atomic E-state index is 11.5. The average Bonchev–Trinajstić information content (AvgIpc) is 3.13. The third-order valence-electron chi connectivity index (χ3n) is 4.16. The number of methoxy groups -OCH3 is 1. The minimum atomic E-state index is -0.530. The van der Waals surface area contributed by atoms with Crippen LogP contribution in [0.15, 0.2) is 41.5 Å². The number of ether oxygens (including phenoxy) is 3. The van der Waals surface area contributed by atoms with Crippen molar-refractivity contribution in [3.8, 4) is 28.6 Å². The molecule has 1 N–H and O–H groups in total. The van der Waals surface area contributed by atoms with Crippen molar-refractivity contribution in [2.75, 3.05) is 20.3 Å². The molecule has 31 heavy (non-hydrogen) atoms. The fourth-order valence-electron chi connectivity index (χ4n) is 2.89. The van der Waals surface area contributed by atoms with Crippen molar-refractivity contribution >= 4 is 24.1 Å². The summed E-state index contributed by atoms with van der Waals surface area (Å²) < 4.78 is 18.0. The Hall–Kier alpha value is -3.73. The van der Waals surface area contributed by atoms with E-state index in [1.54, 1.807) is 13.0 Å². The highest BCUT2D eigenvalue weighted by Crippen LogP contribution is 2.38. The van der Waals surface area contributed by atoms with Crippen LogP contribution < -0.4 is 14.2 Å². The molecule has 2 aromatic carbocycles. The van der Waals surface area contributed by atoms with Gasteiger partial charge in [-0.15, -0.1) is 0 Å². The summed E-state index contributed by atoms with van der Waals surface area (Å²) in [5, 5.41) is 22.9. The summed E-state index contributed by atoms with van der Waals surface area (Å²) in [5.41, 5.74) is 0.906. The van der Waals surface area contributed by atoms with Gasteiger partial charge in [-0.3, -0.25) is 10.1 Å². The molecule has 1 aromatic heterocycles. The molecule has 0 aliphatic rings. The highest BCUT2D eigenvalue weighted by Gasteiger charge is 2.22. The smallest absolute Gasteiger partial charge is 0.315 e. The Labute approximate surface area is 183 Å². The molecule has 162 valence electrons. The van der Waals surface area contributed by atoms with Crippen LogP contribution in [0.25, 0.3) is 11.4 Å². The molecule has 11 heteroatoms. The zero-order chi connectivity index (χ0) is 22.4. The van der Waals surface area contributed by atoms with Crippen molar-refractivity contribution in [1.82, 2.24) is 14.9 Å². The van der Waals surface area contributed by atoms with Gasteiger partial charge in [-0.1, -0.05) is 12.1 Å². The van der Waals surface area contributed by atoms with Crippen molar-refractivity contribution in [2.24, 2.45) is 5.10 Å². The summed E-state index contributed by atoms with van der Waals surface area (Å²) in [6.07, 6.45) is 1.43. The fraction of sp³-hybridized carbons (Fsp3) is 0.250. The van der Waals surface area contributed by atoms with Crippen LogP contribution in [0, 0.1) is 14.9 Å². The van der Waals surface area contributed by atoms with Gasteiger partial charge in [-0.2, -0.15) is 14.9 Å². The summed E-state index contributed by atoms with van der Waals surface area (Å²) in [6, 6.07) is 10.3. The zero-order valence-electron chi connectivity index (χ0n) is 17.2. The number of rotatable bonds is 9. The second-order valence-corrected chi connectivity index (χ2v) is 6.49. The lowest BCUT2D eigenvalue weighted by molar-refractivity contribution is -0.385. The molecule has 0 fully saturated rings. The largest absolute Gasteiger partial charge is 0.493 e. The monoisotopic (exact) mass is 443 g/mol. The van der Waals surface area contributed by atoms with E-state index < -0.39 is 4.92 Å². The molecule has 3 aromatic rings. The number of nitro groups is 1. The predicted molar refractivity (Wildman–Crippen MR) is 118 cm³/mol. The average molecular weight is 443 g/mol. The van der Waals surface area contributed by atoms with Gasteiger partial charge in [-0.25, -0.2) is 5.10 Å². The number of aromatic nitrogens is 3. The lowest BCUT2D eigenvalue weighted by Gasteiger charge is -2.10. The lowest BCUT2D eigenvalue weighted by atomic mass is 10.2. The molecular formula is C20H21N5O5S. The first kappa shape index (κ1) is 22.0. The molecule has 0 saturated heterocycles. The van der Waals surface area contributed by atoms with Gasteiger partial charge in [-0.05, 0) is 44.3 Å². The topological polar surface area (TPSA) is 117 Å². The minimum Gasteiger partial charge on any atom is -0.493 e. The number of H-pyrrole nitrogens is 1. The van der Waals surface area contributed by atoms with E-state index in [-0.39, 0.29) is 28.6 Å². The van der Waals surface area contributed by atoms with Gasteiger partial charge in [0.1, 0.15) is 5.75 Å². The van der Waals surface area contributed by atoms with Crippen LogP contribution >= 0.6 is 12.2 Å². The van der Waals surface area contributed by atoms with E-state index in [1.807, 2.05) is 31.2 Å². The van der Waals surface area contributed by atoms with Gasteiger partial charge in [0.15, 0.2) is 11.6 Å². The van der Waals surface area contributed by atoms with E-state index in [1.165, 1.54) is 24.1 Å². The quantitative estimate of drug-likeness (QED) is 0.228. The lowest BCUT2D eigenvalue weighted by Crippen LogP contribution is -2.02. The Morgan fingerprint density at radius 2 is 1.97 bits per heavy atom. The Balaban J connectivity index is 2.06. The van der Waals surface area contributed by atoms with Crippen LogP contribution in [-0.2, 0) is 0 Å². The molecule has 0 aliphatic heterocycles. The summed E-state index contributed by atoms with van der Waals surface area (Å²) in [5.74, 6) is 1.38. The standard InChI is InChI=1S/C20H21N5O5S/c1-4-29-16-9-7-6-8-14(16)19-22-23-20(31)24(19)21-12-13-10-15(25(26)27)18(30-5-2)17(11-13)28-3/h6-12H,4-5H2,1-3H3,(H,23,31)/b21-12-. The third-order valence-corrected chi connectivity index (χ3v) is 4.43. The molecule has 0 radical (unpaired) electrons. The Morgan fingerprint density at radius 3 is 2.65 bits per heavy atom. The molecule has 1 heterocycles. The van der Waals surface area contributed by atoms with Crippen LogP contribution in [0.3, 0.4) is 0 Å². The van der Waals surface area contributed by atoms with Gasteiger partial charge >= 0.3 is 5.69 Å². The summed E-state index contributed by atoms with van der Waals surface area (Å²) in [4.78, 5) is 11.0. The first-order chi connectivity index (χ1) is 15.0. The van der Waals surface area contributed by atoms with Crippen molar-refractivity contribution in [3.63, 3.8) is 0 Å². The van der Waals surface area contributed by atoms with Gasteiger partial charge < -0.3 is 14.2 Å². The van der Waals surface area contributed by atoms with Crippen molar-refractivity contribution in [2.45, 2.75) is 13.8 Å². The summed E-state index contributed by atoms with van der Waals surface area (Å²) >= 11 is 5.30. The minimum absolute atomic E-state index is 0.0680. The highest BCUT2D eigenvalue weighted by atomic mass is 32.1. The Bertz CT molecular complexity index is 1170. The van der Waals surface area contributed by atoms with Crippen LogP contribution in [0.5, 0.6) is 17.2 Å². The van der Waals surface area contributed by atoms with Gasteiger partial charge in [0.2, 0.25) is 10.5 Å². The molecular weight excluding hydrogens is 422 g/mol. The number of hydrogen-bond acceptors (Lipinski definition) is 8. The van der Waals surface area contributed by atoms with E-state index in [0.29, 0.717) is 29.3 Å². The number of nitrogens with one attached hydrogen (secondary N) is 1. The summed E-state index contributed by atoms with van der Waals surface area (Å²) in [7, 11) is 1.41. The van der Waals surface area contributed by atoms with Crippen LogP contribution in [-0.4, -0.2) is 46.3 Å². The van der Waals surface area contributed by atoms with Crippen molar-refractivity contribution in [3.05, 3.63) is 56.8 Å². The van der Waals surface area contributed by atoms with E-state index in [2.05, 4.69) is 15.3 Å². The SMILES string of the molecule is CCOc1ccccc1-c1n[nH]c(=S)n1/N=C\c1cc(OC)c(OCC)c([N+](=O)[O-])c1. The maximum atomic E-state index is 11.5. The third kappa shape index (κ3) is 4.72. The zero-order valence-corrected chi connectivity index (χ0v) is 18.0. The second kappa shape index (κ2) is 9.85. The van der Waals surface area contributed by atoms with Crippen LogP contribution in [0.2, 0.25) is 0 Å². The molecule has 0 saturated carbocycles. The first-order valence-electron chi connectivity index (χ1n) is 9.43. The van der Waals surface area contributed by atoms with Gasteiger partial charge in [0.25, 0.3) is 0 Å². The number of aromatic amines is 1.